The monoisotopic (exact) mass is 643 g/mol. The number of halogens is 2. The summed E-state index contributed by atoms with van der Waals surface area (Å²) in [4.78, 5) is 29.5. The van der Waals surface area contributed by atoms with Crippen molar-refractivity contribution in [2.24, 2.45) is 0 Å². The highest BCUT2D eigenvalue weighted by atomic mass is 35.5. The summed E-state index contributed by atoms with van der Waals surface area (Å²) in [5.41, 5.74) is 2.08. The Hall–Kier alpha value is -3.07. The quantitative estimate of drug-likeness (QED) is 0.230. The Kier molecular flexibility index (Phi) is 11.5. The van der Waals surface area contributed by atoms with Gasteiger partial charge >= 0.3 is 0 Å². The minimum Gasteiger partial charge on any atom is -0.352 e. The number of nitrogens with zero attached hydrogens (tertiary/aromatic N) is 2. The van der Waals surface area contributed by atoms with Crippen molar-refractivity contribution in [3.63, 3.8) is 0 Å². The predicted octanol–water partition coefficient (Wildman–Crippen LogP) is 7.01. The standard InChI is InChI=1S/C33H39Cl2N3O4S/c1-3-24-15-18-27(19-16-24)38(43(41,42)28-13-9-6-10-14-28)23-32(39)37(22-25-17-20-29(34)30(35)21-25)31(4-2)33(40)36-26-11-7-5-8-12-26/h6,9-10,13-21,26,31H,3-5,7-8,11-12,22-23H2,1-2H3,(H,36,40)/t31-/m0/s1. The van der Waals surface area contributed by atoms with Gasteiger partial charge in [0.25, 0.3) is 10.0 Å². The number of aryl methyl sites for hydroxylation is 1. The van der Waals surface area contributed by atoms with Crippen molar-refractivity contribution in [2.45, 2.75) is 82.3 Å². The molecule has 7 nitrogen and oxygen atoms in total. The van der Waals surface area contributed by atoms with Gasteiger partial charge in [0.05, 0.1) is 20.6 Å². The van der Waals surface area contributed by atoms with E-state index in [1.54, 1.807) is 48.5 Å². The van der Waals surface area contributed by atoms with E-state index in [-0.39, 0.29) is 23.4 Å². The lowest BCUT2D eigenvalue weighted by Gasteiger charge is -2.34. The molecule has 0 saturated heterocycles. The summed E-state index contributed by atoms with van der Waals surface area (Å²) in [6.07, 6.45) is 6.20. The highest BCUT2D eigenvalue weighted by Crippen LogP contribution is 2.27. The molecule has 1 atom stereocenters. The smallest absolute Gasteiger partial charge is 0.264 e. The first kappa shape index (κ1) is 32.8. The van der Waals surface area contributed by atoms with Gasteiger partial charge in [-0.15, -0.1) is 0 Å². The number of anilines is 1. The summed E-state index contributed by atoms with van der Waals surface area (Å²) in [6.45, 7) is 3.43. The number of nitrogens with one attached hydrogen (secondary N) is 1. The average Bonchev–Trinajstić information content (AvgIpc) is 3.02. The predicted molar refractivity (Wildman–Crippen MR) is 173 cm³/mol. The number of hydrogen-bond acceptors (Lipinski definition) is 4. The molecule has 2 amide bonds. The van der Waals surface area contributed by atoms with E-state index >= 15 is 0 Å². The Morgan fingerprint density at radius 3 is 2.14 bits per heavy atom. The van der Waals surface area contributed by atoms with Crippen LogP contribution in [0, 0.1) is 0 Å². The molecule has 10 heteroatoms. The molecule has 0 unspecified atom stereocenters. The molecule has 1 saturated carbocycles. The zero-order chi connectivity index (χ0) is 31.0. The minimum atomic E-state index is -4.12. The molecular weight excluding hydrogens is 605 g/mol. The van der Waals surface area contributed by atoms with Crippen LogP contribution in [0.2, 0.25) is 10.0 Å². The molecule has 0 radical (unpaired) electrons. The van der Waals surface area contributed by atoms with Crippen LogP contribution < -0.4 is 9.62 Å². The SMILES string of the molecule is CCc1ccc(N(CC(=O)N(Cc2ccc(Cl)c(Cl)c2)[C@@H](CC)C(=O)NC2CCCCC2)S(=O)(=O)c2ccccc2)cc1. The molecule has 1 aliphatic rings. The number of benzene rings is 3. The van der Waals surface area contributed by atoms with E-state index in [1.165, 1.54) is 17.0 Å². The zero-order valence-corrected chi connectivity index (χ0v) is 27.0. The molecule has 0 heterocycles. The molecule has 43 heavy (non-hydrogen) atoms. The van der Waals surface area contributed by atoms with Gasteiger partial charge in [0, 0.05) is 12.6 Å². The summed E-state index contributed by atoms with van der Waals surface area (Å²) in [5, 5.41) is 3.86. The van der Waals surface area contributed by atoms with Crippen molar-refractivity contribution in [1.82, 2.24) is 10.2 Å². The molecule has 230 valence electrons. The lowest BCUT2D eigenvalue weighted by Crippen LogP contribution is -2.54. The van der Waals surface area contributed by atoms with Crippen molar-refractivity contribution in [3.05, 3.63) is 94.0 Å². The van der Waals surface area contributed by atoms with Gasteiger partial charge in [-0.2, -0.15) is 0 Å². The molecule has 1 N–H and O–H groups in total. The van der Waals surface area contributed by atoms with Crippen molar-refractivity contribution in [3.8, 4) is 0 Å². The van der Waals surface area contributed by atoms with Crippen molar-refractivity contribution in [2.75, 3.05) is 10.8 Å². The van der Waals surface area contributed by atoms with Crippen LogP contribution in [0.15, 0.2) is 77.7 Å². The Labute approximate surface area is 265 Å². The molecular formula is C33H39Cl2N3O4S. The molecule has 0 bridgehead atoms. The van der Waals surface area contributed by atoms with Gasteiger partial charge in [-0.05, 0) is 73.2 Å². The highest BCUT2D eigenvalue weighted by molar-refractivity contribution is 7.92. The van der Waals surface area contributed by atoms with Crippen molar-refractivity contribution in [1.29, 1.82) is 0 Å². The van der Waals surface area contributed by atoms with Gasteiger partial charge in [0.1, 0.15) is 12.6 Å². The molecule has 1 fully saturated rings. The fraction of sp³-hybridized carbons (Fsp3) is 0.394. The van der Waals surface area contributed by atoms with Crippen LogP contribution in [0.1, 0.15) is 63.5 Å². The van der Waals surface area contributed by atoms with Crippen LogP contribution in [-0.4, -0.2) is 43.8 Å². The maximum atomic E-state index is 14.3. The Balaban J connectivity index is 1.71. The van der Waals surface area contributed by atoms with Gasteiger partial charge in [-0.1, -0.05) is 92.7 Å². The van der Waals surface area contributed by atoms with Crippen LogP contribution in [0.4, 0.5) is 5.69 Å². The van der Waals surface area contributed by atoms with Gasteiger partial charge in [-0.3, -0.25) is 13.9 Å². The summed E-state index contributed by atoms with van der Waals surface area (Å²) >= 11 is 12.4. The molecule has 3 aromatic carbocycles. The maximum absolute atomic E-state index is 14.3. The van der Waals surface area contributed by atoms with Crippen LogP contribution in [0.3, 0.4) is 0 Å². The second-order valence-corrected chi connectivity index (χ2v) is 13.6. The lowest BCUT2D eigenvalue weighted by molar-refractivity contribution is -0.140. The summed E-state index contributed by atoms with van der Waals surface area (Å²) < 4.78 is 29.1. The van der Waals surface area contributed by atoms with Crippen LogP contribution in [0.5, 0.6) is 0 Å². The number of carbonyl (C=O) groups excluding carboxylic acids is 2. The van der Waals surface area contributed by atoms with E-state index in [0.29, 0.717) is 27.7 Å². The number of carbonyl (C=O) groups is 2. The largest absolute Gasteiger partial charge is 0.352 e. The fourth-order valence-corrected chi connectivity index (χ4v) is 7.20. The molecule has 4 rings (SSSR count). The summed E-state index contributed by atoms with van der Waals surface area (Å²) in [7, 11) is -4.12. The van der Waals surface area contributed by atoms with Crippen LogP contribution in [0.25, 0.3) is 0 Å². The third-order valence-electron chi connectivity index (χ3n) is 7.92. The van der Waals surface area contributed by atoms with E-state index in [4.69, 9.17) is 23.2 Å². The van der Waals surface area contributed by atoms with Gasteiger partial charge in [0.15, 0.2) is 0 Å². The number of rotatable bonds is 12. The normalized spacial score (nSPS) is 14.6. The van der Waals surface area contributed by atoms with Crippen LogP contribution in [-0.2, 0) is 32.6 Å². The Bertz CT molecular complexity index is 1490. The van der Waals surface area contributed by atoms with Crippen molar-refractivity contribution < 1.29 is 18.0 Å². The first-order valence-electron chi connectivity index (χ1n) is 14.8. The molecule has 0 spiro atoms. The van der Waals surface area contributed by atoms with Gasteiger partial charge < -0.3 is 10.2 Å². The number of hydrogen-bond donors (Lipinski definition) is 1. The third-order valence-corrected chi connectivity index (χ3v) is 10.4. The first-order valence-corrected chi connectivity index (χ1v) is 17.0. The Morgan fingerprint density at radius 2 is 1.53 bits per heavy atom. The second kappa shape index (κ2) is 15.1. The molecule has 0 aromatic heterocycles. The van der Waals surface area contributed by atoms with E-state index in [0.717, 1.165) is 48.4 Å². The molecule has 0 aliphatic heterocycles. The molecule has 3 aromatic rings. The van der Waals surface area contributed by atoms with Crippen LogP contribution >= 0.6 is 23.2 Å². The highest BCUT2D eigenvalue weighted by Gasteiger charge is 2.34. The van der Waals surface area contributed by atoms with E-state index in [9.17, 15) is 18.0 Å². The first-order chi connectivity index (χ1) is 20.6. The number of sulfonamides is 1. The number of amides is 2. The van der Waals surface area contributed by atoms with E-state index in [2.05, 4.69) is 5.32 Å². The molecule has 1 aliphatic carbocycles. The van der Waals surface area contributed by atoms with Gasteiger partial charge in [0.2, 0.25) is 11.8 Å². The van der Waals surface area contributed by atoms with Crippen molar-refractivity contribution >= 4 is 50.7 Å². The third kappa shape index (κ3) is 8.31. The topological polar surface area (TPSA) is 86.8 Å². The van der Waals surface area contributed by atoms with E-state index < -0.39 is 28.5 Å². The minimum absolute atomic E-state index is 0.0559. The van der Waals surface area contributed by atoms with E-state index in [1.807, 2.05) is 26.0 Å². The second-order valence-electron chi connectivity index (χ2n) is 10.9. The Morgan fingerprint density at radius 1 is 0.884 bits per heavy atom. The average molecular weight is 645 g/mol. The van der Waals surface area contributed by atoms with Gasteiger partial charge in [-0.25, -0.2) is 8.42 Å². The lowest BCUT2D eigenvalue weighted by atomic mass is 9.95. The zero-order valence-electron chi connectivity index (χ0n) is 24.6. The fourth-order valence-electron chi connectivity index (χ4n) is 5.44. The maximum Gasteiger partial charge on any atom is 0.264 e. The summed E-state index contributed by atoms with van der Waals surface area (Å²) in [6, 6.07) is 19.5. The summed E-state index contributed by atoms with van der Waals surface area (Å²) in [5.74, 6) is -0.747.